The SMILES string of the molecule is CCN(C)C=Nc1cc(Br)c(OC2CCN(S(C)(=O)=O)CC2)nc1C. The predicted octanol–water partition coefficient (Wildman–Crippen LogP) is 2.57. The van der Waals surface area contributed by atoms with Crippen molar-refractivity contribution in [3.63, 3.8) is 0 Å². The van der Waals surface area contributed by atoms with Crippen molar-refractivity contribution >= 4 is 38.0 Å². The molecule has 0 unspecified atom stereocenters. The third-order valence-electron chi connectivity index (χ3n) is 4.15. The highest BCUT2D eigenvalue weighted by Gasteiger charge is 2.26. The van der Waals surface area contributed by atoms with E-state index in [1.807, 2.05) is 24.9 Å². The number of hydrogen-bond acceptors (Lipinski definition) is 5. The Balaban J connectivity index is 2.04. The average molecular weight is 433 g/mol. The van der Waals surface area contributed by atoms with Crippen LogP contribution in [0.5, 0.6) is 5.88 Å². The maximum atomic E-state index is 11.6. The number of nitrogens with zero attached hydrogens (tertiary/aromatic N) is 4. The quantitative estimate of drug-likeness (QED) is 0.509. The number of aryl methyl sites for hydroxylation is 1. The molecule has 1 aromatic heterocycles. The largest absolute Gasteiger partial charge is 0.473 e. The Labute approximate surface area is 158 Å². The highest BCUT2D eigenvalue weighted by molar-refractivity contribution is 9.10. The van der Waals surface area contributed by atoms with E-state index in [4.69, 9.17) is 4.74 Å². The van der Waals surface area contributed by atoms with Gasteiger partial charge in [0.1, 0.15) is 6.10 Å². The lowest BCUT2D eigenvalue weighted by molar-refractivity contribution is 0.129. The van der Waals surface area contributed by atoms with Crippen LogP contribution in [0.25, 0.3) is 0 Å². The van der Waals surface area contributed by atoms with E-state index in [1.165, 1.54) is 10.6 Å². The van der Waals surface area contributed by atoms with Gasteiger partial charge in [-0.2, -0.15) is 0 Å². The minimum absolute atomic E-state index is 0.0400. The molecular weight excluding hydrogens is 408 g/mol. The minimum atomic E-state index is -3.13. The van der Waals surface area contributed by atoms with Crippen LogP contribution in [0.15, 0.2) is 15.5 Å². The fourth-order valence-electron chi connectivity index (χ4n) is 2.44. The molecule has 1 aliphatic heterocycles. The van der Waals surface area contributed by atoms with Crippen LogP contribution in [0.3, 0.4) is 0 Å². The molecule has 1 saturated heterocycles. The van der Waals surface area contributed by atoms with E-state index in [0.717, 1.165) is 22.4 Å². The van der Waals surface area contributed by atoms with E-state index in [0.29, 0.717) is 31.8 Å². The number of sulfonamides is 1. The molecule has 1 aromatic rings. The van der Waals surface area contributed by atoms with Crippen molar-refractivity contribution in [2.75, 3.05) is 32.9 Å². The molecule has 0 spiro atoms. The molecule has 25 heavy (non-hydrogen) atoms. The lowest BCUT2D eigenvalue weighted by Gasteiger charge is -2.30. The van der Waals surface area contributed by atoms with Gasteiger partial charge in [-0.1, -0.05) is 0 Å². The van der Waals surface area contributed by atoms with E-state index < -0.39 is 10.0 Å². The van der Waals surface area contributed by atoms with Crippen LogP contribution in [0.2, 0.25) is 0 Å². The summed E-state index contributed by atoms with van der Waals surface area (Å²) in [7, 11) is -1.17. The van der Waals surface area contributed by atoms with Crippen LogP contribution in [0.4, 0.5) is 5.69 Å². The first-order valence-electron chi connectivity index (χ1n) is 8.24. The van der Waals surface area contributed by atoms with Crippen molar-refractivity contribution in [3.8, 4) is 5.88 Å². The molecule has 0 aromatic carbocycles. The molecule has 0 bridgehead atoms. The molecule has 0 saturated carbocycles. The summed E-state index contributed by atoms with van der Waals surface area (Å²) in [6.45, 7) is 5.78. The number of halogens is 1. The monoisotopic (exact) mass is 432 g/mol. The van der Waals surface area contributed by atoms with Crippen molar-refractivity contribution < 1.29 is 13.2 Å². The van der Waals surface area contributed by atoms with Crippen molar-refractivity contribution in [2.24, 2.45) is 4.99 Å². The first kappa shape index (κ1) is 20.1. The molecule has 2 rings (SSSR count). The van der Waals surface area contributed by atoms with Crippen LogP contribution in [0.1, 0.15) is 25.5 Å². The zero-order valence-corrected chi connectivity index (χ0v) is 17.5. The Hall–Kier alpha value is -1.19. The van der Waals surface area contributed by atoms with Gasteiger partial charge in [-0.25, -0.2) is 22.7 Å². The summed E-state index contributed by atoms with van der Waals surface area (Å²) in [5.74, 6) is 0.526. The number of ether oxygens (including phenoxy) is 1. The van der Waals surface area contributed by atoms with Crippen LogP contribution in [0, 0.1) is 6.92 Å². The molecule has 0 N–H and O–H groups in total. The number of aliphatic imine (C=N–C) groups is 1. The molecule has 1 aliphatic rings. The minimum Gasteiger partial charge on any atom is -0.473 e. The van der Waals surface area contributed by atoms with Gasteiger partial charge in [-0.3, -0.25) is 0 Å². The predicted molar refractivity (Wildman–Crippen MR) is 103 cm³/mol. The number of aromatic nitrogens is 1. The lowest BCUT2D eigenvalue weighted by Crippen LogP contribution is -2.41. The highest BCUT2D eigenvalue weighted by Crippen LogP contribution is 2.31. The second-order valence-electron chi connectivity index (χ2n) is 6.18. The summed E-state index contributed by atoms with van der Waals surface area (Å²) in [4.78, 5) is 10.9. The Morgan fingerprint density at radius 1 is 1.48 bits per heavy atom. The second kappa shape index (κ2) is 8.46. The summed E-state index contributed by atoms with van der Waals surface area (Å²) in [5.41, 5.74) is 1.57. The summed E-state index contributed by atoms with van der Waals surface area (Å²) in [5, 5.41) is 0. The van der Waals surface area contributed by atoms with E-state index in [9.17, 15) is 8.42 Å². The third kappa shape index (κ3) is 5.65. The molecule has 0 atom stereocenters. The van der Waals surface area contributed by atoms with E-state index >= 15 is 0 Å². The van der Waals surface area contributed by atoms with Crippen LogP contribution in [-0.4, -0.2) is 68.0 Å². The molecule has 0 radical (unpaired) electrons. The molecule has 1 fully saturated rings. The van der Waals surface area contributed by atoms with E-state index in [-0.39, 0.29) is 6.10 Å². The zero-order valence-electron chi connectivity index (χ0n) is 15.1. The fraction of sp³-hybridized carbons (Fsp3) is 0.625. The van der Waals surface area contributed by atoms with Crippen molar-refractivity contribution in [1.29, 1.82) is 0 Å². The number of pyridine rings is 1. The van der Waals surface area contributed by atoms with E-state index in [1.54, 1.807) is 6.34 Å². The summed E-state index contributed by atoms with van der Waals surface area (Å²) in [6, 6.07) is 1.89. The molecular formula is C16H25BrN4O3S. The molecule has 9 heteroatoms. The summed E-state index contributed by atoms with van der Waals surface area (Å²) < 4.78 is 31.4. The van der Waals surface area contributed by atoms with Gasteiger partial charge in [0.05, 0.1) is 28.4 Å². The summed E-state index contributed by atoms with van der Waals surface area (Å²) >= 11 is 3.49. The average Bonchev–Trinajstić information content (AvgIpc) is 2.56. The Morgan fingerprint density at radius 2 is 2.12 bits per heavy atom. The second-order valence-corrected chi connectivity index (χ2v) is 9.01. The van der Waals surface area contributed by atoms with Gasteiger partial charge in [-0.05, 0) is 48.7 Å². The first-order valence-corrected chi connectivity index (χ1v) is 10.9. The lowest BCUT2D eigenvalue weighted by atomic mass is 10.1. The number of rotatable bonds is 6. The molecule has 0 aliphatic carbocycles. The van der Waals surface area contributed by atoms with Gasteiger partial charge in [-0.15, -0.1) is 0 Å². The summed E-state index contributed by atoms with van der Waals surface area (Å²) in [6.07, 6.45) is 4.29. The molecule has 2 heterocycles. The van der Waals surface area contributed by atoms with Crippen LogP contribution < -0.4 is 4.74 Å². The van der Waals surface area contributed by atoms with E-state index in [2.05, 4.69) is 32.8 Å². The highest BCUT2D eigenvalue weighted by atomic mass is 79.9. The van der Waals surface area contributed by atoms with Crippen molar-refractivity contribution in [2.45, 2.75) is 32.8 Å². The number of hydrogen-bond donors (Lipinski definition) is 0. The first-order chi connectivity index (χ1) is 11.7. The topological polar surface area (TPSA) is 75.1 Å². The maximum absolute atomic E-state index is 11.6. The van der Waals surface area contributed by atoms with Gasteiger partial charge in [0.25, 0.3) is 0 Å². The zero-order chi connectivity index (χ0) is 18.6. The van der Waals surface area contributed by atoms with Gasteiger partial charge < -0.3 is 9.64 Å². The smallest absolute Gasteiger partial charge is 0.228 e. The standard InChI is InChI=1S/C16H25BrN4O3S/c1-5-20(3)11-18-15-10-14(17)16(19-12(15)2)24-13-6-8-21(9-7-13)25(4,22)23/h10-11,13H,5-9H2,1-4H3. The Morgan fingerprint density at radius 3 is 2.68 bits per heavy atom. The maximum Gasteiger partial charge on any atom is 0.228 e. The van der Waals surface area contributed by atoms with Crippen molar-refractivity contribution in [1.82, 2.24) is 14.2 Å². The molecule has 140 valence electrons. The normalized spacial score (nSPS) is 17.2. The van der Waals surface area contributed by atoms with Gasteiger partial charge in [0.2, 0.25) is 15.9 Å². The van der Waals surface area contributed by atoms with Gasteiger partial charge in [0, 0.05) is 26.7 Å². The fourth-order valence-corrected chi connectivity index (χ4v) is 3.72. The number of piperidine rings is 1. The van der Waals surface area contributed by atoms with Crippen molar-refractivity contribution in [3.05, 3.63) is 16.2 Å². The Bertz CT molecular complexity index is 731. The molecule has 0 amide bonds. The Kier molecular flexibility index (Phi) is 6.81. The van der Waals surface area contributed by atoms with Crippen LogP contribution in [-0.2, 0) is 10.0 Å². The molecule has 7 nitrogen and oxygen atoms in total. The van der Waals surface area contributed by atoms with Crippen LogP contribution >= 0.6 is 15.9 Å². The third-order valence-corrected chi connectivity index (χ3v) is 6.02. The van der Waals surface area contributed by atoms with Gasteiger partial charge in [0.15, 0.2) is 0 Å². The van der Waals surface area contributed by atoms with Gasteiger partial charge >= 0.3 is 0 Å².